The lowest BCUT2D eigenvalue weighted by molar-refractivity contribution is -0.132. The first kappa shape index (κ1) is 17.9. The van der Waals surface area contributed by atoms with Crippen LogP contribution in [0, 0.1) is 0 Å². The minimum Gasteiger partial charge on any atom is -0.361 e. The number of amides is 3. The topological polar surface area (TPSA) is 59.7 Å². The molecule has 3 amide bonds. The molecule has 2 aliphatic heterocycles. The van der Waals surface area contributed by atoms with E-state index in [0.717, 1.165) is 37.9 Å². The molecule has 6 heteroatoms. The number of fused-ring (bicyclic) bond motifs is 1. The lowest BCUT2D eigenvalue weighted by atomic mass is 10.1. The van der Waals surface area contributed by atoms with Crippen molar-refractivity contribution in [1.29, 1.82) is 0 Å². The number of carbonyl (C=O) groups is 2. The van der Waals surface area contributed by atoms with E-state index >= 15 is 0 Å². The molecule has 6 nitrogen and oxygen atoms in total. The first-order chi connectivity index (χ1) is 13.2. The highest BCUT2D eigenvalue weighted by atomic mass is 16.2. The van der Waals surface area contributed by atoms with Crippen LogP contribution in [0.2, 0.25) is 0 Å². The van der Waals surface area contributed by atoms with Crippen LogP contribution in [-0.2, 0) is 11.2 Å². The Bertz CT molecular complexity index is 801. The van der Waals surface area contributed by atoms with E-state index in [2.05, 4.69) is 17.1 Å². The highest BCUT2D eigenvalue weighted by Crippen LogP contribution is 2.20. The molecule has 1 aromatic carbocycles. The van der Waals surface area contributed by atoms with Crippen molar-refractivity contribution in [2.45, 2.75) is 32.1 Å². The molecule has 144 valence electrons. The summed E-state index contributed by atoms with van der Waals surface area (Å²) in [7, 11) is 0. The number of nitrogens with one attached hydrogen (secondary N) is 1. The molecule has 1 aromatic heterocycles. The minimum absolute atomic E-state index is 0.153. The second-order valence-corrected chi connectivity index (χ2v) is 7.56. The summed E-state index contributed by atoms with van der Waals surface area (Å²) in [5, 5.41) is 1.20. The fourth-order valence-electron chi connectivity index (χ4n) is 4.17. The number of nitrogens with zero attached hydrogens (tertiary/aromatic N) is 3. The summed E-state index contributed by atoms with van der Waals surface area (Å²) in [6.45, 7) is 4.34. The van der Waals surface area contributed by atoms with Crippen LogP contribution < -0.4 is 0 Å². The summed E-state index contributed by atoms with van der Waals surface area (Å²) in [6.07, 6.45) is 6.71. The van der Waals surface area contributed by atoms with Crippen molar-refractivity contribution < 1.29 is 9.59 Å². The number of H-pyrrole nitrogens is 1. The lowest BCUT2D eigenvalue weighted by Gasteiger charge is -2.38. The minimum atomic E-state index is 0.153. The smallest absolute Gasteiger partial charge is 0.320 e. The van der Waals surface area contributed by atoms with Crippen LogP contribution in [0.4, 0.5) is 4.79 Å². The van der Waals surface area contributed by atoms with Crippen LogP contribution in [-0.4, -0.2) is 70.9 Å². The average Bonchev–Trinajstić information content (AvgIpc) is 3.15. The molecule has 0 aliphatic carbocycles. The molecular weight excluding hydrogens is 340 g/mol. The van der Waals surface area contributed by atoms with Crippen LogP contribution in [0.25, 0.3) is 10.9 Å². The maximum Gasteiger partial charge on any atom is 0.320 e. The van der Waals surface area contributed by atoms with E-state index in [-0.39, 0.29) is 11.9 Å². The molecule has 1 N–H and O–H groups in total. The summed E-state index contributed by atoms with van der Waals surface area (Å²) in [6, 6.07) is 8.34. The van der Waals surface area contributed by atoms with Crippen molar-refractivity contribution in [2.75, 3.05) is 39.3 Å². The maximum absolute atomic E-state index is 12.6. The highest BCUT2D eigenvalue weighted by Gasteiger charge is 2.27. The Labute approximate surface area is 160 Å². The van der Waals surface area contributed by atoms with Crippen molar-refractivity contribution in [2.24, 2.45) is 0 Å². The zero-order valence-electron chi connectivity index (χ0n) is 15.8. The molecule has 4 rings (SSSR count). The summed E-state index contributed by atoms with van der Waals surface area (Å²) < 4.78 is 0. The fourth-order valence-corrected chi connectivity index (χ4v) is 4.17. The number of likely N-dealkylation sites (tertiary alicyclic amines) is 1. The van der Waals surface area contributed by atoms with E-state index in [4.69, 9.17) is 0 Å². The zero-order valence-corrected chi connectivity index (χ0v) is 15.8. The molecule has 2 saturated heterocycles. The van der Waals surface area contributed by atoms with Crippen molar-refractivity contribution in [3.63, 3.8) is 0 Å². The third kappa shape index (κ3) is 3.94. The Morgan fingerprint density at radius 2 is 1.52 bits per heavy atom. The van der Waals surface area contributed by atoms with Crippen LogP contribution in [0.15, 0.2) is 30.5 Å². The van der Waals surface area contributed by atoms with Crippen LogP contribution >= 0.6 is 0 Å². The maximum atomic E-state index is 12.6. The molecule has 2 fully saturated rings. The molecule has 0 spiro atoms. The van der Waals surface area contributed by atoms with Gasteiger partial charge in [-0.1, -0.05) is 18.2 Å². The van der Waals surface area contributed by atoms with Gasteiger partial charge >= 0.3 is 6.03 Å². The van der Waals surface area contributed by atoms with Gasteiger partial charge in [0.15, 0.2) is 0 Å². The quantitative estimate of drug-likeness (QED) is 0.906. The molecule has 0 atom stereocenters. The number of carbonyl (C=O) groups excluding carboxylic acids is 2. The second kappa shape index (κ2) is 8.03. The number of piperazine rings is 1. The van der Waals surface area contributed by atoms with Gasteiger partial charge in [0, 0.05) is 62.8 Å². The molecular formula is C21H28N4O2. The molecule has 2 aliphatic rings. The third-order valence-electron chi connectivity index (χ3n) is 5.81. The molecule has 0 bridgehead atoms. The van der Waals surface area contributed by atoms with Gasteiger partial charge in [-0.15, -0.1) is 0 Å². The monoisotopic (exact) mass is 368 g/mol. The van der Waals surface area contributed by atoms with Gasteiger partial charge in [-0.05, 0) is 37.3 Å². The third-order valence-corrected chi connectivity index (χ3v) is 5.81. The molecule has 2 aromatic rings. The van der Waals surface area contributed by atoms with Gasteiger partial charge in [-0.2, -0.15) is 0 Å². The molecule has 0 saturated carbocycles. The van der Waals surface area contributed by atoms with E-state index in [1.165, 1.54) is 17.4 Å². The van der Waals surface area contributed by atoms with E-state index in [0.29, 0.717) is 32.6 Å². The first-order valence-electron chi connectivity index (χ1n) is 10.1. The Morgan fingerprint density at radius 3 is 2.30 bits per heavy atom. The van der Waals surface area contributed by atoms with Crippen LogP contribution in [0.1, 0.15) is 31.2 Å². The molecule has 3 heterocycles. The number of para-hydroxylation sites is 1. The van der Waals surface area contributed by atoms with Gasteiger partial charge in [0.25, 0.3) is 0 Å². The number of aryl methyl sites for hydroxylation is 1. The average molecular weight is 368 g/mol. The van der Waals surface area contributed by atoms with Gasteiger partial charge in [-0.25, -0.2) is 4.79 Å². The van der Waals surface area contributed by atoms with E-state index < -0.39 is 0 Å². The number of rotatable bonds is 3. The van der Waals surface area contributed by atoms with E-state index in [9.17, 15) is 9.59 Å². The summed E-state index contributed by atoms with van der Waals surface area (Å²) in [5.74, 6) is 0.186. The standard InChI is InChI=1S/C21H28N4O2/c26-20(9-8-17-16-22-19-7-3-2-6-18(17)19)23-12-14-25(15-13-23)21(27)24-10-4-1-5-11-24/h2-3,6-7,16,22H,1,4-5,8-15H2. The number of benzene rings is 1. The number of urea groups is 1. The SMILES string of the molecule is O=C(CCc1c[nH]c2ccccc12)N1CCN(C(=O)N2CCCCC2)CC1. The van der Waals surface area contributed by atoms with Crippen molar-refractivity contribution >= 4 is 22.8 Å². The highest BCUT2D eigenvalue weighted by molar-refractivity contribution is 5.84. The van der Waals surface area contributed by atoms with Gasteiger partial charge in [-0.3, -0.25) is 4.79 Å². The number of aromatic nitrogens is 1. The fraction of sp³-hybridized carbons (Fsp3) is 0.524. The largest absolute Gasteiger partial charge is 0.361 e. The number of hydrogen-bond acceptors (Lipinski definition) is 2. The second-order valence-electron chi connectivity index (χ2n) is 7.56. The summed E-state index contributed by atoms with van der Waals surface area (Å²) >= 11 is 0. The van der Waals surface area contributed by atoms with Gasteiger partial charge in [0.05, 0.1) is 0 Å². The van der Waals surface area contributed by atoms with Crippen molar-refractivity contribution in [1.82, 2.24) is 19.7 Å². The normalized spacial score (nSPS) is 18.1. The Morgan fingerprint density at radius 1 is 0.852 bits per heavy atom. The first-order valence-corrected chi connectivity index (χ1v) is 10.1. The summed E-state index contributed by atoms with van der Waals surface area (Å²) in [5.41, 5.74) is 2.31. The van der Waals surface area contributed by atoms with Gasteiger partial charge in [0.2, 0.25) is 5.91 Å². The Kier molecular flexibility index (Phi) is 5.32. The van der Waals surface area contributed by atoms with Crippen molar-refractivity contribution in [3.8, 4) is 0 Å². The number of piperidine rings is 1. The summed E-state index contributed by atoms with van der Waals surface area (Å²) in [4.78, 5) is 34.3. The predicted molar refractivity (Wildman–Crippen MR) is 106 cm³/mol. The molecule has 27 heavy (non-hydrogen) atoms. The van der Waals surface area contributed by atoms with Gasteiger partial charge in [0.1, 0.15) is 0 Å². The number of aromatic amines is 1. The molecule has 0 radical (unpaired) electrons. The lowest BCUT2D eigenvalue weighted by Crippen LogP contribution is -2.54. The van der Waals surface area contributed by atoms with E-state index in [1.807, 2.05) is 33.0 Å². The zero-order chi connectivity index (χ0) is 18.6. The Balaban J connectivity index is 1.26. The van der Waals surface area contributed by atoms with E-state index in [1.54, 1.807) is 0 Å². The Hall–Kier alpha value is -2.50. The van der Waals surface area contributed by atoms with Crippen molar-refractivity contribution in [3.05, 3.63) is 36.0 Å². The van der Waals surface area contributed by atoms with Gasteiger partial charge < -0.3 is 19.7 Å². The predicted octanol–water partition coefficient (Wildman–Crippen LogP) is 2.85. The van der Waals surface area contributed by atoms with Crippen LogP contribution in [0.3, 0.4) is 0 Å². The van der Waals surface area contributed by atoms with Crippen LogP contribution in [0.5, 0.6) is 0 Å². The molecule has 0 unspecified atom stereocenters. The number of hydrogen-bond donors (Lipinski definition) is 1.